The van der Waals surface area contributed by atoms with Crippen LogP contribution in [0, 0.1) is 6.92 Å². The highest BCUT2D eigenvalue weighted by Crippen LogP contribution is 2.34. The molecule has 44 heavy (non-hydrogen) atoms. The van der Waals surface area contributed by atoms with E-state index in [0.29, 0.717) is 22.1 Å². The molecule has 236 valence electrons. The molecule has 4 rings (SSSR count). The summed E-state index contributed by atoms with van der Waals surface area (Å²) in [5, 5.41) is 3.59. The molecule has 3 aromatic carbocycles. The van der Waals surface area contributed by atoms with Gasteiger partial charge in [-0.25, -0.2) is 8.42 Å². The summed E-state index contributed by atoms with van der Waals surface area (Å²) in [6, 6.07) is 17.3. The molecular weight excluding hydrogens is 602 g/mol. The fourth-order valence-corrected chi connectivity index (χ4v) is 6.95. The number of halogens is 1. The number of nitrogens with one attached hydrogen (secondary N) is 1. The Morgan fingerprint density at radius 1 is 0.955 bits per heavy atom. The van der Waals surface area contributed by atoms with Crippen molar-refractivity contribution in [3.05, 3.63) is 82.9 Å². The number of carbonyl (C=O) groups excluding carboxylic acids is 2. The minimum atomic E-state index is -4.22. The molecule has 1 atom stereocenters. The lowest BCUT2D eigenvalue weighted by Gasteiger charge is -2.33. The Balaban J connectivity index is 1.72. The Morgan fingerprint density at radius 3 is 2.27 bits per heavy atom. The van der Waals surface area contributed by atoms with E-state index in [2.05, 4.69) is 5.32 Å². The molecular formula is C33H40ClN3O6S. The molecule has 1 N–H and O–H groups in total. The molecule has 1 saturated carbocycles. The number of hydrogen-bond donors (Lipinski definition) is 1. The number of rotatable bonds is 12. The first-order valence-corrected chi connectivity index (χ1v) is 16.5. The van der Waals surface area contributed by atoms with Gasteiger partial charge in [0.05, 0.1) is 24.8 Å². The van der Waals surface area contributed by atoms with Crippen molar-refractivity contribution in [2.75, 3.05) is 25.1 Å². The van der Waals surface area contributed by atoms with Crippen LogP contribution in [0.25, 0.3) is 0 Å². The average Bonchev–Trinajstić information content (AvgIpc) is 3.02. The molecule has 0 bridgehead atoms. The minimum Gasteiger partial charge on any atom is -0.493 e. The summed E-state index contributed by atoms with van der Waals surface area (Å²) >= 11 is 6.24. The van der Waals surface area contributed by atoms with Gasteiger partial charge in [0.2, 0.25) is 11.8 Å². The fourth-order valence-electron chi connectivity index (χ4n) is 5.33. The molecule has 1 aliphatic carbocycles. The molecule has 0 aliphatic heterocycles. The Bertz CT molecular complexity index is 1560. The average molecular weight is 642 g/mol. The van der Waals surface area contributed by atoms with E-state index in [1.54, 1.807) is 49.4 Å². The van der Waals surface area contributed by atoms with Crippen LogP contribution in [0.5, 0.6) is 11.5 Å². The van der Waals surface area contributed by atoms with Gasteiger partial charge in [0.15, 0.2) is 11.5 Å². The first-order valence-electron chi connectivity index (χ1n) is 14.7. The molecule has 0 aromatic heterocycles. The maximum Gasteiger partial charge on any atom is 0.264 e. The number of hydrogen-bond acceptors (Lipinski definition) is 6. The van der Waals surface area contributed by atoms with Gasteiger partial charge in [0.25, 0.3) is 10.0 Å². The third-order valence-corrected chi connectivity index (χ3v) is 9.93. The number of sulfonamides is 1. The van der Waals surface area contributed by atoms with Crippen LogP contribution in [0.2, 0.25) is 5.02 Å². The number of nitrogens with zero attached hydrogens (tertiary/aromatic N) is 2. The maximum absolute atomic E-state index is 14.2. The van der Waals surface area contributed by atoms with Gasteiger partial charge in [-0.1, -0.05) is 60.7 Å². The van der Waals surface area contributed by atoms with Crippen LogP contribution in [-0.4, -0.2) is 58.0 Å². The normalized spacial score (nSPS) is 14.4. The van der Waals surface area contributed by atoms with Crippen LogP contribution >= 0.6 is 11.6 Å². The maximum atomic E-state index is 14.2. The summed E-state index contributed by atoms with van der Waals surface area (Å²) in [5.74, 6) is -0.128. The molecule has 0 unspecified atom stereocenters. The molecule has 0 saturated heterocycles. The largest absolute Gasteiger partial charge is 0.493 e. The molecule has 11 heteroatoms. The van der Waals surface area contributed by atoms with Crippen LogP contribution in [-0.2, 0) is 26.2 Å². The smallest absolute Gasteiger partial charge is 0.264 e. The second kappa shape index (κ2) is 14.8. The lowest BCUT2D eigenvalue weighted by Crippen LogP contribution is -2.53. The van der Waals surface area contributed by atoms with E-state index in [1.165, 1.54) is 37.3 Å². The van der Waals surface area contributed by atoms with Gasteiger partial charge in [-0.05, 0) is 68.7 Å². The van der Waals surface area contributed by atoms with E-state index < -0.39 is 28.5 Å². The second-order valence-electron chi connectivity index (χ2n) is 11.0. The first kappa shape index (κ1) is 33.1. The number of aryl methyl sites for hydroxylation is 1. The van der Waals surface area contributed by atoms with Crippen molar-refractivity contribution < 1.29 is 27.5 Å². The molecule has 2 amide bonds. The van der Waals surface area contributed by atoms with Gasteiger partial charge < -0.3 is 19.7 Å². The zero-order chi connectivity index (χ0) is 31.9. The van der Waals surface area contributed by atoms with E-state index in [4.69, 9.17) is 21.1 Å². The van der Waals surface area contributed by atoms with Crippen molar-refractivity contribution in [1.29, 1.82) is 0 Å². The van der Waals surface area contributed by atoms with Gasteiger partial charge in [-0.2, -0.15) is 0 Å². The lowest BCUT2D eigenvalue weighted by molar-refractivity contribution is -0.139. The third kappa shape index (κ3) is 8.04. The van der Waals surface area contributed by atoms with Crippen LogP contribution < -0.4 is 19.1 Å². The van der Waals surface area contributed by atoms with Crippen molar-refractivity contribution in [3.63, 3.8) is 0 Å². The van der Waals surface area contributed by atoms with Crippen LogP contribution in [0.4, 0.5) is 5.69 Å². The van der Waals surface area contributed by atoms with Gasteiger partial charge in [-0.15, -0.1) is 0 Å². The fraction of sp³-hybridized carbons (Fsp3) is 0.394. The topological polar surface area (TPSA) is 105 Å². The van der Waals surface area contributed by atoms with Crippen molar-refractivity contribution in [3.8, 4) is 11.5 Å². The SMILES string of the molecule is COc1ccc(N(CC(=O)N(Cc2cccc(Cl)c2)[C@H](C)C(=O)NC2CCCCC2)S(=O)(=O)c2ccc(C)cc2)cc1OC. The van der Waals surface area contributed by atoms with E-state index in [9.17, 15) is 18.0 Å². The Hall–Kier alpha value is -3.76. The predicted octanol–water partition coefficient (Wildman–Crippen LogP) is 5.73. The summed E-state index contributed by atoms with van der Waals surface area (Å²) in [5.41, 5.74) is 1.81. The zero-order valence-corrected chi connectivity index (χ0v) is 27.2. The first-order chi connectivity index (χ1) is 21.0. The molecule has 0 radical (unpaired) electrons. The summed E-state index contributed by atoms with van der Waals surface area (Å²) in [6.45, 7) is 3.02. The van der Waals surface area contributed by atoms with Gasteiger partial charge >= 0.3 is 0 Å². The molecule has 1 aliphatic rings. The summed E-state index contributed by atoms with van der Waals surface area (Å²) in [7, 11) is -1.29. The predicted molar refractivity (Wildman–Crippen MR) is 172 cm³/mol. The number of methoxy groups -OCH3 is 2. The van der Waals surface area contributed by atoms with E-state index in [0.717, 1.165) is 42.0 Å². The lowest BCUT2D eigenvalue weighted by atomic mass is 9.95. The molecule has 1 fully saturated rings. The van der Waals surface area contributed by atoms with Crippen molar-refractivity contribution in [1.82, 2.24) is 10.2 Å². The number of anilines is 1. The van der Waals surface area contributed by atoms with Crippen LogP contribution in [0.3, 0.4) is 0 Å². The number of carbonyl (C=O) groups is 2. The molecule has 9 nitrogen and oxygen atoms in total. The number of benzene rings is 3. The Labute approximate surface area is 265 Å². The third-order valence-electron chi connectivity index (χ3n) is 7.90. The van der Waals surface area contributed by atoms with E-state index in [-0.39, 0.29) is 29.1 Å². The second-order valence-corrected chi connectivity index (χ2v) is 13.3. The Kier molecular flexibility index (Phi) is 11.2. The summed E-state index contributed by atoms with van der Waals surface area (Å²) in [4.78, 5) is 29.1. The zero-order valence-electron chi connectivity index (χ0n) is 25.6. The quantitative estimate of drug-likeness (QED) is 0.271. The molecule has 3 aromatic rings. The number of ether oxygens (including phenoxy) is 2. The van der Waals surface area contributed by atoms with Gasteiger partial charge in [0.1, 0.15) is 12.6 Å². The highest BCUT2D eigenvalue weighted by Gasteiger charge is 2.33. The highest BCUT2D eigenvalue weighted by atomic mass is 35.5. The van der Waals surface area contributed by atoms with Crippen LogP contribution in [0.15, 0.2) is 71.6 Å². The highest BCUT2D eigenvalue weighted by molar-refractivity contribution is 7.92. The van der Waals surface area contributed by atoms with Crippen molar-refractivity contribution >= 4 is 39.1 Å². The van der Waals surface area contributed by atoms with Gasteiger partial charge in [0, 0.05) is 23.7 Å². The summed E-state index contributed by atoms with van der Waals surface area (Å²) < 4.78 is 40.0. The van der Waals surface area contributed by atoms with Crippen molar-refractivity contribution in [2.24, 2.45) is 0 Å². The molecule has 0 heterocycles. The van der Waals surface area contributed by atoms with Crippen molar-refractivity contribution in [2.45, 2.75) is 69.5 Å². The summed E-state index contributed by atoms with van der Waals surface area (Å²) in [6.07, 6.45) is 5.01. The van der Waals surface area contributed by atoms with Crippen LogP contribution in [0.1, 0.15) is 50.2 Å². The number of amides is 2. The van der Waals surface area contributed by atoms with E-state index in [1.807, 2.05) is 13.0 Å². The minimum absolute atomic E-state index is 0.0233. The monoisotopic (exact) mass is 641 g/mol. The van der Waals surface area contributed by atoms with E-state index >= 15 is 0 Å². The van der Waals surface area contributed by atoms with Gasteiger partial charge in [-0.3, -0.25) is 13.9 Å². The Morgan fingerprint density at radius 2 is 1.64 bits per heavy atom. The standard InChI is InChI=1S/C33H40ClN3O6S/c1-23-13-16-29(17-14-23)44(40,41)37(28-15-18-30(42-3)31(20-28)43-4)22-32(38)36(21-25-9-8-10-26(34)19-25)24(2)33(39)35-27-11-6-5-7-12-27/h8-10,13-20,24,27H,5-7,11-12,21-22H2,1-4H3,(H,35,39)/t24-/m1/s1. The molecule has 0 spiro atoms.